The van der Waals surface area contributed by atoms with Crippen molar-refractivity contribution in [3.05, 3.63) is 72.9 Å². The number of thiophene rings is 1. The molecule has 1 N–H and O–H groups in total. The highest BCUT2D eigenvalue weighted by Crippen LogP contribution is 2.34. The highest BCUT2D eigenvalue weighted by Gasteiger charge is 2.12. The molecule has 0 fully saturated rings. The van der Waals surface area contributed by atoms with Crippen LogP contribution in [0.1, 0.15) is 0 Å². The molecule has 6 heteroatoms. The normalized spacial score (nSPS) is 11.1. The molecule has 0 spiro atoms. The second-order valence-electron chi connectivity index (χ2n) is 6.11. The third-order valence-corrected chi connectivity index (χ3v) is 5.55. The summed E-state index contributed by atoms with van der Waals surface area (Å²) in [5, 5.41) is 9.31. The Hall–Kier alpha value is -3.38. The molecule has 2 aromatic carbocycles. The highest BCUT2D eigenvalue weighted by molar-refractivity contribution is 7.22. The molecule has 0 radical (unpaired) electrons. The van der Waals surface area contributed by atoms with E-state index in [2.05, 4.69) is 40.6 Å². The van der Waals surface area contributed by atoms with Crippen molar-refractivity contribution in [3.8, 4) is 16.3 Å². The van der Waals surface area contributed by atoms with E-state index in [1.807, 2.05) is 47.1 Å². The van der Waals surface area contributed by atoms with Crippen LogP contribution in [-0.4, -0.2) is 21.7 Å². The number of aromatic nitrogens is 3. The maximum atomic E-state index is 5.41. The van der Waals surface area contributed by atoms with Crippen molar-refractivity contribution in [2.75, 3.05) is 12.4 Å². The number of anilines is 2. The van der Waals surface area contributed by atoms with E-state index >= 15 is 0 Å². The first-order valence-electron chi connectivity index (χ1n) is 8.55. The Bertz CT molecular complexity index is 1220. The fraction of sp³-hybridized carbons (Fsp3) is 0.0476. The maximum absolute atomic E-state index is 5.41. The number of fused-ring (bicyclic) bond motifs is 2. The first-order chi connectivity index (χ1) is 13.3. The molecule has 5 rings (SSSR count). The summed E-state index contributed by atoms with van der Waals surface area (Å²) < 4.78 is 8.54. The van der Waals surface area contributed by atoms with Gasteiger partial charge in [-0.3, -0.25) is 0 Å². The summed E-state index contributed by atoms with van der Waals surface area (Å²) in [5.74, 6) is 1.50. The smallest absolute Gasteiger partial charge is 0.154 e. The van der Waals surface area contributed by atoms with Crippen molar-refractivity contribution in [1.82, 2.24) is 14.6 Å². The monoisotopic (exact) mass is 372 g/mol. The van der Waals surface area contributed by atoms with E-state index < -0.39 is 0 Å². The van der Waals surface area contributed by atoms with Crippen molar-refractivity contribution in [3.63, 3.8) is 0 Å². The molecule has 3 aromatic heterocycles. The van der Waals surface area contributed by atoms with Crippen LogP contribution in [0.5, 0.6) is 5.75 Å². The maximum Gasteiger partial charge on any atom is 0.154 e. The molecular formula is C21H16N4OS. The zero-order valence-electron chi connectivity index (χ0n) is 14.6. The lowest BCUT2D eigenvalue weighted by Gasteiger charge is -2.10. The number of nitrogens with zero attached hydrogens (tertiary/aromatic N) is 3. The third-order valence-electron chi connectivity index (χ3n) is 4.41. The van der Waals surface area contributed by atoms with Gasteiger partial charge in [0.15, 0.2) is 11.5 Å². The van der Waals surface area contributed by atoms with Crippen LogP contribution < -0.4 is 10.1 Å². The van der Waals surface area contributed by atoms with Gasteiger partial charge in [-0.05, 0) is 41.8 Å². The molecular weight excluding hydrogens is 356 g/mol. The number of rotatable bonds is 4. The molecule has 0 saturated heterocycles. The van der Waals surface area contributed by atoms with Gasteiger partial charge in [0.2, 0.25) is 0 Å². The molecule has 27 heavy (non-hydrogen) atoms. The number of ether oxygens (including phenoxy) is 1. The second-order valence-corrected chi connectivity index (χ2v) is 7.19. The number of para-hydroxylation sites is 2. The Kier molecular flexibility index (Phi) is 3.76. The molecule has 5 nitrogen and oxygen atoms in total. The number of methoxy groups -OCH3 is 1. The van der Waals surface area contributed by atoms with Gasteiger partial charge < -0.3 is 10.1 Å². The summed E-state index contributed by atoms with van der Waals surface area (Å²) in [6.45, 7) is 0. The SMILES string of the molecule is COc1ccccc1Nc1ccc2ncc(-c3cc4ccccc4s3)n2n1. The van der Waals surface area contributed by atoms with E-state index in [9.17, 15) is 0 Å². The summed E-state index contributed by atoms with van der Waals surface area (Å²) in [4.78, 5) is 5.65. The predicted octanol–water partition coefficient (Wildman–Crippen LogP) is 5.36. The first kappa shape index (κ1) is 15.8. The fourth-order valence-electron chi connectivity index (χ4n) is 3.10. The summed E-state index contributed by atoms with van der Waals surface area (Å²) in [5.41, 5.74) is 2.67. The van der Waals surface area contributed by atoms with E-state index in [0.717, 1.165) is 33.5 Å². The largest absolute Gasteiger partial charge is 0.495 e. The third kappa shape index (κ3) is 2.80. The van der Waals surface area contributed by atoms with Gasteiger partial charge in [-0.15, -0.1) is 16.4 Å². The second kappa shape index (κ2) is 6.41. The lowest BCUT2D eigenvalue weighted by atomic mass is 10.2. The van der Waals surface area contributed by atoms with Crippen LogP contribution in [0.25, 0.3) is 26.3 Å². The highest BCUT2D eigenvalue weighted by atomic mass is 32.1. The van der Waals surface area contributed by atoms with Crippen LogP contribution in [-0.2, 0) is 0 Å². The molecule has 0 aliphatic carbocycles. The molecule has 0 saturated carbocycles. The Balaban J connectivity index is 1.58. The predicted molar refractivity (Wildman–Crippen MR) is 110 cm³/mol. The number of imidazole rings is 1. The van der Waals surface area contributed by atoms with Gasteiger partial charge in [-0.25, -0.2) is 9.50 Å². The molecule has 0 aliphatic rings. The van der Waals surface area contributed by atoms with E-state index in [0.29, 0.717) is 0 Å². The van der Waals surface area contributed by atoms with Crippen molar-refractivity contribution in [1.29, 1.82) is 0 Å². The summed E-state index contributed by atoms with van der Waals surface area (Å²) in [6, 6.07) is 22.2. The summed E-state index contributed by atoms with van der Waals surface area (Å²) in [6.07, 6.45) is 1.87. The van der Waals surface area contributed by atoms with Crippen LogP contribution in [0.15, 0.2) is 72.9 Å². The minimum absolute atomic E-state index is 0.729. The molecule has 0 bridgehead atoms. The average molecular weight is 372 g/mol. The molecule has 5 aromatic rings. The van der Waals surface area contributed by atoms with Crippen LogP contribution in [0.3, 0.4) is 0 Å². The number of benzene rings is 2. The number of hydrogen-bond acceptors (Lipinski definition) is 5. The van der Waals surface area contributed by atoms with Gasteiger partial charge in [0.1, 0.15) is 11.4 Å². The van der Waals surface area contributed by atoms with Crippen molar-refractivity contribution in [2.45, 2.75) is 0 Å². The van der Waals surface area contributed by atoms with Gasteiger partial charge in [0.05, 0.1) is 23.9 Å². The summed E-state index contributed by atoms with van der Waals surface area (Å²) >= 11 is 1.74. The van der Waals surface area contributed by atoms with E-state index in [4.69, 9.17) is 9.84 Å². The van der Waals surface area contributed by atoms with E-state index in [1.165, 1.54) is 10.1 Å². The van der Waals surface area contributed by atoms with Crippen LogP contribution in [0.2, 0.25) is 0 Å². The van der Waals surface area contributed by atoms with Crippen LogP contribution in [0, 0.1) is 0 Å². The van der Waals surface area contributed by atoms with E-state index in [1.54, 1.807) is 18.4 Å². The van der Waals surface area contributed by atoms with Gasteiger partial charge in [-0.1, -0.05) is 30.3 Å². The number of nitrogens with one attached hydrogen (secondary N) is 1. The van der Waals surface area contributed by atoms with Crippen molar-refractivity contribution < 1.29 is 4.74 Å². The average Bonchev–Trinajstić information content (AvgIpc) is 3.31. The Morgan fingerprint density at radius 2 is 1.85 bits per heavy atom. The first-order valence-corrected chi connectivity index (χ1v) is 9.37. The Morgan fingerprint density at radius 1 is 1.00 bits per heavy atom. The zero-order valence-corrected chi connectivity index (χ0v) is 15.4. The zero-order chi connectivity index (χ0) is 18.2. The molecule has 132 valence electrons. The summed E-state index contributed by atoms with van der Waals surface area (Å²) in [7, 11) is 1.66. The van der Waals surface area contributed by atoms with E-state index in [-0.39, 0.29) is 0 Å². The lowest BCUT2D eigenvalue weighted by molar-refractivity contribution is 0.417. The fourth-order valence-corrected chi connectivity index (χ4v) is 4.16. The topological polar surface area (TPSA) is 51.5 Å². The molecule has 0 aliphatic heterocycles. The standard InChI is InChI=1S/C21H16N4OS/c1-26-17-8-4-3-7-15(17)23-20-10-11-21-22-13-16(25(21)24-20)19-12-14-6-2-5-9-18(14)27-19/h2-13H,1H3,(H,23,24). The molecule has 0 unspecified atom stereocenters. The Morgan fingerprint density at radius 3 is 2.74 bits per heavy atom. The molecule has 3 heterocycles. The van der Waals surface area contributed by atoms with Crippen molar-refractivity contribution in [2.24, 2.45) is 0 Å². The van der Waals surface area contributed by atoms with Crippen LogP contribution in [0.4, 0.5) is 11.5 Å². The molecule has 0 atom stereocenters. The molecule has 0 amide bonds. The lowest BCUT2D eigenvalue weighted by Crippen LogP contribution is -2.01. The minimum Gasteiger partial charge on any atom is -0.495 e. The quantitative estimate of drug-likeness (QED) is 0.461. The van der Waals surface area contributed by atoms with Crippen LogP contribution >= 0.6 is 11.3 Å². The van der Waals surface area contributed by atoms with Crippen molar-refractivity contribution >= 4 is 38.6 Å². The van der Waals surface area contributed by atoms with Gasteiger partial charge in [0, 0.05) is 4.70 Å². The minimum atomic E-state index is 0.729. The Labute approximate surface area is 159 Å². The van der Waals surface area contributed by atoms with Gasteiger partial charge in [0.25, 0.3) is 0 Å². The number of hydrogen-bond donors (Lipinski definition) is 1. The van der Waals surface area contributed by atoms with Gasteiger partial charge in [-0.2, -0.15) is 0 Å². The van der Waals surface area contributed by atoms with Gasteiger partial charge >= 0.3 is 0 Å².